The number of ether oxygens (including phenoxy) is 4. The van der Waals surface area contributed by atoms with Gasteiger partial charge in [-0.25, -0.2) is 0 Å². The molecule has 0 spiro atoms. The molecule has 0 atom stereocenters. The molecule has 1 heterocycles. The molecule has 8 heteroatoms. The van der Waals surface area contributed by atoms with E-state index in [-0.39, 0.29) is 24.8 Å². The molecule has 6 nitrogen and oxygen atoms in total. The van der Waals surface area contributed by atoms with Crippen molar-refractivity contribution < 1.29 is 18.9 Å². The molecule has 0 saturated heterocycles. The Labute approximate surface area is 322 Å². The van der Waals surface area contributed by atoms with Crippen LogP contribution >= 0.6 is 24.8 Å². The first kappa shape index (κ1) is 41.9. The van der Waals surface area contributed by atoms with Crippen LogP contribution in [0.25, 0.3) is 28.5 Å². The van der Waals surface area contributed by atoms with Gasteiger partial charge in [-0.1, -0.05) is 72.8 Å². The number of hydrogen-bond acceptors (Lipinski definition) is 6. The Morgan fingerprint density at radius 1 is 0.615 bits per heavy atom. The first-order chi connectivity index (χ1) is 24.4. The molecule has 1 aliphatic rings. The van der Waals surface area contributed by atoms with E-state index >= 15 is 0 Å². The second-order valence-electron chi connectivity index (χ2n) is 12.2. The number of aromatic nitrogens is 1. The predicted molar refractivity (Wildman–Crippen MR) is 222 cm³/mol. The summed E-state index contributed by atoms with van der Waals surface area (Å²) in [6.07, 6.45) is 10.4. The summed E-state index contributed by atoms with van der Waals surface area (Å²) in [6.45, 7) is 11.3. The minimum atomic E-state index is 0. The van der Waals surface area contributed by atoms with Crippen LogP contribution in [0.15, 0.2) is 97.2 Å². The van der Waals surface area contributed by atoms with E-state index < -0.39 is 0 Å². The summed E-state index contributed by atoms with van der Waals surface area (Å²) in [5.74, 6) is 3.04. The third-order valence-electron chi connectivity index (χ3n) is 8.36. The lowest BCUT2D eigenvalue weighted by atomic mass is 9.93. The highest BCUT2D eigenvalue weighted by Gasteiger charge is 2.15. The average molecular weight is 744 g/mol. The molecule has 52 heavy (non-hydrogen) atoms. The summed E-state index contributed by atoms with van der Waals surface area (Å²) in [4.78, 5) is 6.87. The van der Waals surface area contributed by atoms with Crippen molar-refractivity contribution in [2.75, 3.05) is 47.1 Å². The van der Waals surface area contributed by atoms with Crippen molar-refractivity contribution in [2.45, 2.75) is 40.5 Å². The van der Waals surface area contributed by atoms with Crippen molar-refractivity contribution in [2.24, 2.45) is 0 Å². The molecular weight excluding hydrogens is 691 g/mol. The van der Waals surface area contributed by atoms with Crippen LogP contribution in [0.2, 0.25) is 0 Å². The van der Waals surface area contributed by atoms with Crippen LogP contribution in [0.1, 0.15) is 67.6 Å². The SMILES string of the molecule is CCOc1ccc(Cc2nccc3cc(OCC)c(OCC)cc23)cc1OCC.CN(C)CCC=C1c2ccccc2C=Cc2ccccc21.Cl.Cl. The van der Waals surface area contributed by atoms with Crippen molar-refractivity contribution in [3.05, 3.63) is 131 Å². The van der Waals surface area contributed by atoms with E-state index in [0.29, 0.717) is 32.8 Å². The molecule has 0 fully saturated rings. The molecule has 1 aliphatic carbocycles. The minimum absolute atomic E-state index is 0. The van der Waals surface area contributed by atoms with Crippen LogP contribution in [0, 0.1) is 0 Å². The second kappa shape index (κ2) is 21.1. The molecule has 6 rings (SSSR count). The molecule has 4 aromatic carbocycles. The van der Waals surface area contributed by atoms with Crippen molar-refractivity contribution in [1.82, 2.24) is 9.88 Å². The van der Waals surface area contributed by atoms with Gasteiger partial charge in [-0.2, -0.15) is 0 Å². The standard InChI is InChI=1S/C24H29NO4.C20H21N.2ClH/c1-5-26-21-10-9-17(14-22(21)27-6-2)13-20-19-16-24(29-8-4)23(28-7-3)15-18(19)11-12-25-20;1-21(2)15-7-12-20-18-10-5-3-8-16(18)13-14-17-9-4-6-11-19(17)20;;/h9-12,14-16H,5-8,13H2,1-4H3;3-6,8-14H,7,15H2,1-2H3;2*1H. The average Bonchev–Trinajstić information content (AvgIpc) is 3.27. The summed E-state index contributed by atoms with van der Waals surface area (Å²) in [5, 5.41) is 2.14. The molecule has 0 bridgehead atoms. The maximum absolute atomic E-state index is 5.81. The van der Waals surface area contributed by atoms with Gasteiger partial charge in [0.1, 0.15) is 0 Å². The first-order valence-electron chi connectivity index (χ1n) is 17.7. The van der Waals surface area contributed by atoms with E-state index in [1.54, 1.807) is 0 Å². The molecule has 1 aromatic heterocycles. The van der Waals surface area contributed by atoms with E-state index in [1.807, 2.05) is 64.2 Å². The van der Waals surface area contributed by atoms with Gasteiger partial charge in [0.2, 0.25) is 0 Å². The third kappa shape index (κ3) is 10.8. The van der Waals surface area contributed by atoms with Crippen LogP contribution in [0.5, 0.6) is 23.0 Å². The van der Waals surface area contributed by atoms with Crippen LogP contribution in [-0.4, -0.2) is 57.0 Å². The smallest absolute Gasteiger partial charge is 0.161 e. The number of rotatable bonds is 13. The molecular formula is C44H52Cl2N2O4. The quantitative estimate of drug-likeness (QED) is 0.117. The maximum Gasteiger partial charge on any atom is 0.161 e. The summed E-state index contributed by atoms with van der Waals surface area (Å²) < 4.78 is 23.0. The van der Waals surface area contributed by atoms with Gasteiger partial charge in [0.05, 0.1) is 32.1 Å². The second-order valence-corrected chi connectivity index (χ2v) is 12.2. The molecule has 0 saturated carbocycles. The van der Waals surface area contributed by atoms with E-state index in [9.17, 15) is 0 Å². The van der Waals surface area contributed by atoms with Crippen molar-refractivity contribution in [1.29, 1.82) is 0 Å². The molecule has 276 valence electrons. The van der Waals surface area contributed by atoms with Crippen LogP contribution < -0.4 is 18.9 Å². The monoisotopic (exact) mass is 742 g/mol. The highest BCUT2D eigenvalue weighted by atomic mass is 35.5. The number of benzene rings is 4. The van der Waals surface area contributed by atoms with Crippen LogP contribution in [0.4, 0.5) is 0 Å². The van der Waals surface area contributed by atoms with Gasteiger partial charge in [0.25, 0.3) is 0 Å². The van der Waals surface area contributed by atoms with Crippen molar-refractivity contribution in [3.63, 3.8) is 0 Å². The summed E-state index contributed by atoms with van der Waals surface area (Å²) in [6, 6.07) is 29.4. The first-order valence-corrected chi connectivity index (χ1v) is 17.7. The lowest BCUT2D eigenvalue weighted by Crippen LogP contribution is -2.12. The predicted octanol–water partition coefficient (Wildman–Crippen LogP) is 10.8. The fourth-order valence-corrected chi connectivity index (χ4v) is 6.10. The van der Waals surface area contributed by atoms with Gasteiger partial charge in [-0.3, -0.25) is 4.98 Å². The molecule has 0 N–H and O–H groups in total. The zero-order chi connectivity index (χ0) is 35.3. The van der Waals surface area contributed by atoms with Gasteiger partial charge in [0.15, 0.2) is 23.0 Å². The summed E-state index contributed by atoms with van der Waals surface area (Å²) in [7, 11) is 4.24. The molecule has 5 aromatic rings. The number of halogens is 2. The fourth-order valence-electron chi connectivity index (χ4n) is 6.10. The molecule has 0 unspecified atom stereocenters. The van der Waals surface area contributed by atoms with E-state index in [4.69, 9.17) is 18.9 Å². The highest BCUT2D eigenvalue weighted by Crippen LogP contribution is 2.36. The lowest BCUT2D eigenvalue weighted by Gasteiger charge is -2.15. The Morgan fingerprint density at radius 2 is 1.15 bits per heavy atom. The van der Waals surface area contributed by atoms with E-state index in [1.165, 1.54) is 27.8 Å². The topological polar surface area (TPSA) is 53.1 Å². The van der Waals surface area contributed by atoms with Gasteiger partial charge >= 0.3 is 0 Å². The van der Waals surface area contributed by atoms with Gasteiger partial charge in [0, 0.05) is 24.5 Å². The minimum Gasteiger partial charge on any atom is -0.490 e. The normalized spacial score (nSPS) is 11.2. The number of fused-ring (bicyclic) bond motifs is 3. The number of pyridine rings is 1. The highest BCUT2D eigenvalue weighted by molar-refractivity contribution is 5.93. The maximum atomic E-state index is 5.81. The van der Waals surface area contributed by atoms with Gasteiger partial charge < -0.3 is 23.8 Å². The summed E-state index contributed by atoms with van der Waals surface area (Å²) in [5.41, 5.74) is 8.71. The third-order valence-corrected chi connectivity index (χ3v) is 8.36. The van der Waals surface area contributed by atoms with E-state index in [2.05, 4.69) is 96.8 Å². The van der Waals surface area contributed by atoms with E-state index in [0.717, 1.165) is 58.0 Å². The lowest BCUT2D eigenvalue weighted by molar-refractivity contribution is 0.287. The Kier molecular flexibility index (Phi) is 17.0. The molecule has 0 aliphatic heterocycles. The van der Waals surface area contributed by atoms with Crippen molar-refractivity contribution in [3.8, 4) is 23.0 Å². The van der Waals surface area contributed by atoms with Gasteiger partial charge in [-0.05, 0) is 117 Å². The number of nitrogens with zero attached hydrogens (tertiary/aromatic N) is 2. The Balaban J connectivity index is 0.000000282. The largest absolute Gasteiger partial charge is 0.490 e. The number of hydrogen-bond donors (Lipinski definition) is 0. The molecule has 0 amide bonds. The van der Waals surface area contributed by atoms with Crippen LogP contribution in [0.3, 0.4) is 0 Å². The van der Waals surface area contributed by atoms with Crippen LogP contribution in [-0.2, 0) is 6.42 Å². The zero-order valence-corrected chi connectivity index (χ0v) is 32.8. The Morgan fingerprint density at radius 3 is 1.73 bits per heavy atom. The van der Waals surface area contributed by atoms with Crippen molar-refractivity contribution >= 4 is 53.3 Å². The molecule has 0 radical (unpaired) electrons. The van der Waals surface area contributed by atoms with Gasteiger partial charge in [-0.15, -0.1) is 24.8 Å². The Hall–Kier alpha value is -4.49. The summed E-state index contributed by atoms with van der Waals surface area (Å²) >= 11 is 0. The zero-order valence-electron chi connectivity index (χ0n) is 31.2. The Bertz CT molecular complexity index is 1890. The fraction of sp³-hybridized carbons (Fsp3) is 0.295.